The second-order valence-electron chi connectivity index (χ2n) is 10.7. The molecule has 3 aliphatic rings. The van der Waals surface area contributed by atoms with Gasteiger partial charge in [-0.1, -0.05) is 20.8 Å². The van der Waals surface area contributed by atoms with Gasteiger partial charge in [-0.05, 0) is 36.5 Å². The van der Waals surface area contributed by atoms with Crippen LogP contribution in [0.1, 0.15) is 55.9 Å². The number of nitrogens with zero attached hydrogens (tertiary/aromatic N) is 2. The predicted octanol–water partition coefficient (Wildman–Crippen LogP) is 1.80. The van der Waals surface area contributed by atoms with E-state index in [0.717, 1.165) is 16.5 Å². The second kappa shape index (κ2) is 9.06. The maximum absolute atomic E-state index is 13.6. The zero-order valence-corrected chi connectivity index (χ0v) is 22.0. The molecule has 5 heterocycles. The molecule has 11 nitrogen and oxygen atoms in total. The fourth-order valence-electron chi connectivity index (χ4n) is 5.68. The molecule has 0 saturated heterocycles. The molecule has 0 spiro atoms. The van der Waals surface area contributed by atoms with E-state index in [9.17, 15) is 19.5 Å². The predicted molar refractivity (Wildman–Crippen MR) is 140 cm³/mol. The van der Waals surface area contributed by atoms with Gasteiger partial charge in [0.25, 0.3) is 5.56 Å². The van der Waals surface area contributed by atoms with E-state index in [1.807, 2.05) is 19.9 Å². The third kappa shape index (κ3) is 3.87. The summed E-state index contributed by atoms with van der Waals surface area (Å²) in [7, 11) is 0. The standard InChI is InChI=1S/C28H30N4O7/c1-4-28(36)18-7-21-24-16(10-32(21)26(34)17(18)11-37-27(28)35)15(9-30-25(33)19(29)5-13(2)3)14-6-22-23(39-12-38-22)8-20(14)31-24/h6-8,13,19,36H,4-5,9-12,29H2,1-3H3,(H,30,33)/t19-,28-/m0/s1. The largest absolute Gasteiger partial charge is 0.458 e. The van der Waals surface area contributed by atoms with Crippen LogP contribution in [0.15, 0.2) is 23.0 Å². The number of cyclic esters (lactones) is 1. The van der Waals surface area contributed by atoms with Crippen LogP contribution in [-0.4, -0.2) is 39.4 Å². The molecule has 0 saturated carbocycles. The van der Waals surface area contributed by atoms with Gasteiger partial charge in [-0.15, -0.1) is 0 Å². The number of ether oxygens (including phenoxy) is 3. The Bertz CT molecular complexity index is 1610. The number of hydrogen-bond donors (Lipinski definition) is 3. The molecule has 0 fully saturated rings. The van der Waals surface area contributed by atoms with Crippen molar-refractivity contribution in [3.05, 3.63) is 50.8 Å². The lowest BCUT2D eigenvalue weighted by molar-refractivity contribution is -0.172. The molecule has 2 aromatic heterocycles. The monoisotopic (exact) mass is 534 g/mol. The number of fused-ring (bicyclic) bond motifs is 6. The fraction of sp³-hybridized carbons (Fsp3) is 0.429. The Kier molecular flexibility index (Phi) is 5.88. The van der Waals surface area contributed by atoms with Crippen molar-refractivity contribution in [2.24, 2.45) is 11.7 Å². The Hall–Kier alpha value is -3.96. The fourth-order valence-corrected chi connectivity index (χ4v) is 5.68. The number of esters is 1. The summed E-state index contributed by atoms with van der Waals surface area (Å²) in [6.45, 7) is 5.92. The molecule has 0 bridgehead atoms. The van der Waals surface area contributed by atoms with E-state index in [0.29, 0.717) is 34.8 Å². The van der Waals surface area contributed by atoms with Crippen LogP contribution in [0.25, 0.3) is 22.3 Å². The first-order valence-electron chi connectivity index (χ1n) is 13.1. The summed E-state index contributed by atoms with van der Waals surface area (Å²) in [5.74, 6) is 0.338. The molecule has 3 aromatic rings. The molecule has 11 heteroatoms. The summed E-state index contributed by atoms with van der Waals surface area (Å²) in [4.78, 5) is 43.8. The molecule has 0 unspecified atom stereocenters. The number of benzene rings is 1. The summed E-state index contributed by atoms with van der Waals surface area (Å²) in [6.07, 6.45) is 0.602. The smallest absolute Gasteiger partial charge is 0.343 e. The highest BCUT2D eigenvalue weighted by Gasteiger charge is 2.45. The van der Waals surface area contributed by atoms with Crippen molar-refractivity contribution in [3.8, 4) is 22.9 Å². The lowest BCUT2D eigenvalue weighted by Crippen LogP contribution is -2.44. The average Bonchev–Trinajstić information content (AvgIpc) is 3.51. The molecule has 39 heavy (non-hydrogen) atoms. The van der Waals surface area contributed by atoms with Crippen LogP contribution in [0.4, 0.5) is 0 Å². The van der Waals surface area contributed by atoms with Gasteiger partial charge in [0.15, 0.2) is 17.1 Å². The van der Waals surface area contributed by atoms with Crippen LogP contribution in [0.2, 0.25) is 0 Å². The summed E-state index contributed by atoms with van der Waals surface area (Å²) in [5, 5.41) is 14.9. The lowest BCUT2D eigenvalue weighted by atomic mass is 9.86. The van der Waals surface area contributed by atoms with Crippen molar-refractivity contribution in [2.75, 3.05) is 6.79 Å². The van der Waals surface area contributed by atoms with E-state index in [1.165, 1.54) is 0 Å². The van der Waals surface area contributed by atoms with Crippen LogP contribution in [0.3, 0.4) is 0 Å². The van der Waals surface area contributed by atoms with Crippen molar-refractivity contribution in [1.29, 1.82) is 0 Å². The molecule has 4 N–H and O–H groups in total. The third-order valence-corrected chi connectivity index (χ3v) is 7.80. The number of carbonyl (C=O) groups excluding carboxylic acids is 2. The van der Waals surface area contributed by atoms with Crippen LogP contribution < -0.4 is 26.1 Å². The SMILES string of the molecule is CC[C@@]1(O)C(=O)OCc2c1cc1n(c2=O)Cc2c-1nc1cc3c(cc1c2CNC(=O)[C@@H](N)CC(C)C)OCO3. The Morgan fingerprint density at radius 1 is 1.18 bits per heavy atom. The van der Waals surface area contributed by atoms with E-state index in [4.69, 9.17) is 24.9 Å². The van der Waals surface area contributed by atoms with Gasteiger partial charge in [0.1, 0.15) is 6.61 Å². The summed E-state index contributed by atoms with van der Waals surface area (Å²) < 4.78 is 17.9. The Labute approximate surface area is 223 Å². The molecule has 1 aromatic carbocycles. The van der Waals surface area contributed by atoms with E-state index in [1.54, 1.807) is 23.6 Å². The summed E-state index contributed by atoms with van der Waals surface area (Å²) in [5.41, 5.74) is 7.48. The number of nitrogens with one attached hydrogen (secondary N) is 1. The first-order valence-corrected chi connectivity index (χ1v) is 13.1. The van der Waals surface area contributed by atoms with Gasteiger partial charge in [-0.3, -0.25) is 9.59 Å². The molecule has 204 valence electrons. The number of nitrogens with two attached hydrogens (primary N) is 1. The zero-order chi connectivity index (χ0) is 27.6. The first kappa shape index (κ1) is 25.3. The highest BCUT2D eigenvalue weighted by atomic mass is 16.7. The van der Waals surface area contributed by atoms with E-state index >= 15 is 0 Å². The minimum absolute atomic E-state index is 0.0527. The number of rotatable bonds is 6. The molecular formula is C28H30N4O7. The molecular weight excluding hydrogens is 504 g/mol. The minimum Gasteiger partial charge on any atom is -0.458 e. The van der Waals surface area contributed by atoms with Gasteiger partial charge in [0, 0.05) is 29.1 Å². The highest BCUT2D eigenvalue weighted by molar-refractivity contribution is 5.92. The van der Waals surface area contributed by atoms with Crippen molar-refractivity contribution in [1.82, 2.24) is 14.9 Å². The number of hydrogen-bond acceptors (Lipinski definition) is 9. The van der Waals surface area contributed by atoms with Crippen LogP contribution in [-0.2, 0) is 39.6 Å². The normalized spacial score (nSPS) is 19.5. The van der Waals surface area contributed by atoms with Gasteiger partial charge in [-0.2, -0.15) is 0 Å². The van der Waals surface area contributed by atoms with E-state index in [-0.39, 0.29) is 61.4 Å². The van der Waals surface area contributed by atoms with Crippen LogP contribution in [0.5, 0.6) is 11.5 Å². The number of pyridine rings is 2. The van der Waals surface area contributed by atoms with Crippen LogP contribution >= 0.6 is 0 Å². The van der Waals surface area contributed by atoms with Gasteiger partial charge in [-0.25, -0.2) is 9.78 Å². The zero-order valence-electron chi connectivity index (χ0n) is 22.0. The molecule has 2 atom stereocenters. The van der Waals surface area contributed by atoms with Crippen LogP contribution in [0, 0.1) is 5.92 Å². The van der Waals surface area contributed by atoms with Gasteiger partial charge in [0.2, 0.25) is 12.7 Å². The molecule has 6 rings (SSSR count). The maximum Gasteiger partial charge on any atom is 0.343 e. The number of aliphatic hydroxyl groups is 1. The Morgan fingerprint density at radius 2 is 1.92 bits per heavy atom. The maximum atomic E-state index is 13.6. The Balaban J connectivity index is 1.51. The number of carbonyl (C=O) groups is 2. The molecule has 0 radical (unpaired) electrons. The first-order chi connectivity index (χ1) is 18.6. The van der Waals surface area contributed by atoms with Crippen molar-refractivity contribution in [2.45, 2.75) is 65.0 Å². The van der Waals surface area contributed by atoms with Gasteiger partial charge in [0.05, 0.1) is 35.1 Å². The molecule has 3 aliphatic heterocycles. The molecule has 1 amide bonds. The molecule has 0 aliphatic carbocycles. The summed E-state index contributed by atoms with van der Waals surface area (Å²) >= 11 is 0. The van der Waals surface area contributed by atoms with Crippen molar-refractivity contribution < 1.29 is 28.9 Å². The second-order valence-corrected chi connectivity index (χ2v) is 10.7. The lowest BCUT2D eigenvalue weighted by Gasteiger charge is -2.31. The number of amides is 1. The average molecular weight is 535 g/mol. The summed E-state index contributed by atoms with van der Waals surface area (Å²) in [6, 6.07) is 4.62. The topological polar surface area (TPSA) is 155 Å². The van der Waals surface area contributed by atoms with Crippen molar-refractivity contribution in [3.63, 3.8) is 0 Å². The third-order valence-electron chi connectivity index (χ3n) is 7.80. The number of aromatic nitrogens is 2. The van der Waals surface area contributed by atoms with Crippen molar-refractivity contribution >= 4 is 22.8 Å². The van der Waals surface area contributed by atoms with E-state index in [2.05, 4.69) is 5.32 Å². The highest BCUT2D eigenvalue weighted by Crippen LogP contribution is 2.43. The van der Waals surface area contributed by atoms with Gasteiger partial charge >= 0.3 is 5.97 Å². The quantitative estimate of drug-likeness (QED) is 0.314. The Morgan fingerprint density at radius 3 is 2.64 bits per heavy atom. The van der Waals surface area contributed by atoms with E-state index < -0.39 is 17.6 Å². The minimum atomic E-state index is -1.92. The van der Waals surface area contributed by atoms with Gasteiger partial charge < -0.3 is 34.9 Å².